The van der Waals surface area contributed by atoms with Crippen LogP contribution in [0.1, 0.15) is 12.0 Å². The van der Waals surface area contributed by atoms with Crippen molar-refractivity contribution >= 4 is 17.1 Å². The zero-order valence-electron chi connectivity index (χ0n) is 8.49. The zero-order valence-corrected chi connectivity index (χ0v) is 8.49. The van der Waals surface area contributed by atoms with E-state index in [0.717, 1.165) is 22.6 Å². The Morgan fingerprint density at radius 1 is 1.25 bits per heavy atom. The summed E-state index contributed by atoms with van der Waals surface area (Å²) in [7, 11) is 0. The number of benzene rings is 1. The number of aldehydes is 1. The highest BCUT2D eigenvalue weighted by Gasteiger charge is 1.94. The normalized spacial score (nSPS) is 9.50. The number of fused-ring (bicyclic) bond motifs is 1. The topological polar surface area (TPSA) is 49.9 Å². The lowest BCUT2D eigenvalue weighted by Gasteiger charge is -1.96. The minimum absolute atomic E-state index is 0.134. The van der Waals surface area contributed by atoms with Gasteiger partial charge in [0.15, 0.2) is 0 Å². The average molecular weight is 211 g/mol. The second-order valence-electron chi connectivity index (χ2n) is 3.31. The number of hydrogen-bond acceptors (Lipinski definition) is 2. The summed E-state index contributed by atoms with van der Waals surface area (Å²) in [5, 5.41) is 1.81. The first-order chi connectivity index (χ1) is 7.79. The average Bonchev–Trinajstić information content (AvgIpc) is 2.29. The fourth-order valence-electron chi connectivity index (χ4n) is 1.44. The van der Waals surface area contributed by atoms with Gasteiger partial charge in [-0.25, -0.2) is 0 Å². The Bertz CT molecular complexity index is 644. The Hall–Kier alpha value is -2.34. The minimum atomic E-state index is -0.134. The van der Waals surface area contributed by atoms with Crippen molar-refractivity contribution in [2.75, 3.05) is 0 Å². The zero-order chi connectivity index (χ0) is 11.4. The predicted molar refractivity (Wildman–Crippen MR) is 62.1 cm³/mol. The summed E-state index contributed by atoms with van der Waals surface area (Å²) in [5.41, 5.74) is 0.672. The molecule has 1 aromatic carbocycles. The summed E-state index contributed by atoms with van der Waals surface area (Å²) < 4.78 is 0. The maximum Gasteiger partial charge on any atom is 0.248 e. The van der Waals surface area contributed by atoms with Crippen LogP contribution in [0.5, 0.6) is 0 Å². The van der Waals surface area contributed by atoms with Crippen LogP contribution in [0.15, 0.2) is 35.3 Å². The van der Waals surface area contributed by atoms with Crippen LogP contribution in [0.25, 0.3) is 10.8 Å². The number of aromatic nitrogens is 1. The lowest BCUT2D eigenvalue weighted by molar-refractivity contribution is -0.107. The van der Waals surface area contributed by atoms with Crippen LogP contribution in [-0.4, -0.2) is 11.3 Å². The largest absolute Gasteiger partial charge is 0.328 e. The van der Waals surface area contributed by atoms with Gasteiger partial charge in [-0.3, -0.25) is 4.79 Å². The highest BCUT2D eigenvalue weighted by atomic mass is 16.1. The molecule has 0 aliphatic rings. The van der Waals surface area contributed by atoms with E-state index in [2.05, 4.69) is 16.8 Å². The van der Waals surface area contributed by atoms with Crippen molar-refractivity contribution in [2.45, 2.75) is 6.42 Å². The Kier molecular flexibility index (Phi) is 2.84. The number of rotatable bonds is 1. The second kappa shape index (κ2) is 4.45. The van der Waals surface area contributed by atoms with Gasteiger partial charge in [-0.05, 0) is 22.9 Å². The molecule has 1 heterocycles. The van der Waals surface area contributed by atoms with Crippen molar-refractivity contribution < 1.29 is 4.79 Å². The van der Waals surface area contributed by atoms with Crippen molar-refractivity contribution in [3.8, 4) is 11.8 Å². The Labute approximate surface area is 92.1 Å². The van der Waals surface area contributed by atoms with E-state index >= 15 is 0 Å². The van der Waals surface area contributed by atoms with Crippen LogP contribution in [0, 0.1) is 11.8 Å². The van der Waals surface area contributed by atoms with Crippen LogP contribution < -0.4 is 5.56 Å². The molecule has 2 aromatic rings. The summed E-state index contributed by atoms with van der Waals surface area (Å²) in [6, 6.07) is 7.11. The molecule has 0 fully saturated rings. The SMILES string of the molecule is O=CCC#Cc1ccc2c[nH]c(=O)cc2c1. The third kappa shape index (κ3) is 2.18. The van der Waals surface area contributed by atoms with Crippen molar-refractivity contribution in [3.05, 3.63) is 46.4 Å². The van der Waals surface area contributed by atoms with Gasteiger partial charge in [-0.2, -0.15) is 0 Å². The van der Waals surface area contributed by atoms with Gasteiger partial charge in [0.2, 0.25) is 5.56 Å². The molecule has 16 heavy (non-hydrogen) atoms. The molecule has 0 saturated heterocycles. The summed E-state index contributed by atoms with van der Waals surface area (Å²) in [5.74, 6) is 5.59. The maximum atomic E-state index is 11.1. The Balaban J connectivity index is 2.47. The number of pyridine rings is 1. The first-order valence-corrected chi connectivity index (χ1v) is 4.84. The number of hydrogen-bond donors (Lipinski definition) is 1. The van der Waals surface area contributed by atoms with Crippen molar-refractivity contribution in [1.82, 2.24) is 4.98 Å². The molecule has 0 aliphatic carbocycles. The molecule has 78 valence electrons. The first-order valence-electron chi connectivity index (χ1n) is 4.84. The summed E-state index contributed by atoms with van der Waals surface area (Å²) in [6.07, 6.45) is 2.66. The maximum absolute atomic E-state index is 11.1. The van der Waals surface area contributed by atoms with E-state index in [-0.39, 0.29) is 12.0 Å². The molecule has 0 aliphatic heterocycles. The van der Waals surface area contributed by atoms with E-state index in [1.807, 2.05) is 18.2 Å². The molecule has 1 N–H and O–H groups in total. The van der Waals surface area contributed by atoms with Crippen LogP contribution in [0.4, 0.5) is 0 Å². The van der Waals surface area contributed by atoms with Gasteiger partial charge in [-0.1, -0.05) is 17.9 Å². The van der Waals surface area contributed by atoms with Gasteiger partial charge in [0.25, 0.3) is 0 Å². The van der Waals surface area contributed by atoms with E-state index in [1.165, 1.54) is 6.07 Å². The summed E-state index contributed by atoms with van der Waals surface area (Å²) in [6.45, 7) is 0. The Morgan fingerprint density at radius 2 is 2.12 bits per heavy atom. The lowest BCUT2D eigenvalue weighted by Crippen LogP contribution is -2.01. The first kappa shape index (κ1) is 10.2. The third-order valence-electron chi connectivity index (χ3n) is 2.16. The van der Waals surface area contributed by atoms with Crippen molar-refractivity contribution in [3.63, 3.8) is 0 Å². The summed E-state index contributed by atoms with van der Waals surface area (Å²) in [4.78, 5) is 23.8. The standard InChI is InChI=1S/C13H9NO2/c15-6-2-1-3-10-4-5-11-9-14-13(16)8-12(11)7-10/h4-9H,2H2,(H,14,16). The molecule has 0 radical (unpaired) electrons. The molecular formula is C13H9NO2. The monoisotopic (exact) mass is 211 g/mol. The van der Waals surface area contributed by atoms with Gasteiger partial charge in [0.1, 0.15) is 6.29 Å². The highest BCUT2D eigenvalue weighted by molar-refractivity contribution is 5.82. The van der Waals surface area contributed by atoms with E-state index in [0.29, 0.717) is 0 Å². The molecule has 3 heteroatoms. The second-order valence-corrected chi connectivity index (χ2v) is 3.31. The fraction of sp³-hybridized carbons (Fsp3) is 0.0769. The van der Waals surface area contributed by atoms with E-state index in [1.54, 1.807) is 6.20 Å². The van der Waals surface area contributed by atoms with Crippen LogP contribution in [-0.2, 0) is 4.79 Å². The molecule has 0 unspecified atom stereocenters. The van der Waals surface area contributed by atoms with Crippen molar-refractivity contribution in [1.29, 1.82) is 0 Å². The number of carbonyl (C=O) groups is 1. The number of aromatic amines is 1. The smallest absolute Gasteiger partial charge is 0.248 e. The highest BCUT2D eigenvalue weighted by Crippen LogP contribution is 2.12. The number of carbonyl (C=O) groups excluding carboxylic acids is 1. The fourth-order valence-corrected chi connectivity index (χ4v) is 1.44. The van der Waals surface area contributed by atoms with E-state index in [4.69, 9.17) is 0 Å². The molecule has 0 amide bonds. The summed E-state index contributed by atoms with van der Waals surface area (Å²) >= 11 is 0. The van der Waals surface area contributed by atoms with Crippen LogP contribution in [0.2, 0.25) is 0 Å². The van der Waals surface area contributed by atoms with Gasteiger partial charge < -0.3 is 9.78 Å². The van der Waals surface area contributed by atoms with Gasteiger partial charge in [-0.15, -0.1) is 0 Å². The van der Waals surface area contributed by atoms with Crippen molar-refractivity contribution in [2.24, 2.45) is 0 Å². The van der Waals surface area contributed by atoms with Gasteiger partial charge >= 0.3 is 0 Å². The molecule has 0 bridgehead atoms. The number of H-pyrrole nitrogens is 1. The minimum Gasteiger partial charge on any atom is -0.328 e. The lowest BCUT2D eigenvalue weighted by atomic mass is 10.1. The van der Waals surface area contributed by atoms with E-state index in [9.17, 15) is 9.59 Å². The molecule has 2 rings (SSSR count). The van der Waals surface area contributed by atoms with Gasteiger partial charge in [0.05, 0.1) is 6.42 Å². The van der Waals surface area contributed by atoms with Gasteiger partial charge in [0, 0.05) is 17.8 Å². The number of nitrogens with one attached hydrogen (secondary N) is 1. The van der Waals surface area contributed by atoms with Crippen LogP contribution >= 0.6 is 0 Å². The molecule has 0 atom stereocenters. The Morgan fingerprint density at radius 3 is 2.94 bits per heavy atom. The predicted octanol–water partition coefficient (Wildman–Crippen LogP) is 1.47. The molecule has 0 spiro atoms. The van der Waals surface area contributed by atoms with Crippen LogP contribution in [0.3, 0.4) is 0 Å². The molecule has 0 saturated carbocycles. The third-order valence-corrected chi connectivity index (χ3v) is 2.16. The van der Waals surface area contributed by atoms with E-state index < -0.39 is 0 Å². The quantitative estimate of drug-likeness (QED) is 0.573. The molecule has 3 nitrogen and oxygen atoms in total. The molecule has 1 aromatic heterocycles. The molecular weight excluding hydrogens is 202 g/mol.